The predicted octanol–water partition coefficient (Wildman–Crippen LogP) is 1.18. The summed E-state index contributed by atoms with van der Waals surface area (Å²) in [5, 5.41) is 16.7. The molecule has 0 atom stereocenters. The molecule has 0 aromatic heterocycles. The molecule has 2 N–H and O–H groups in total. The maximum Gasteiger partial charge on any atom is 0.155 e. The topological polar surface area (TPSA) is 153 Å². The van der Waals surface area contributed by atoms with Gasteiger partial charge in [0.25, 0.3) is 0 Å². The van der Waals surface area contributed by atoms with Crippen LogP contribution >= 0.6 is 0 Å². The first-order chi connectivity index (χ1) is 8.25. The van der Waals surface area contributed by atoms with E-state index in [1.165, 1.54) is 39.8 Å². The zero-order chi connectivity index (χ0) is 15.7. The molecular formula is C10H16MoN2O6. The van der Waals surface area contributed by atoms with Crippen LogP contribution in [-0.2, 0) is 30.7 Å². The van der Waals surface area contributed by atoms with Gasteiger partial charge in [0.2, 0.25) is 0 Å². The van der Waals surface area contributed by atoms with Crippen LogP contribution in [0, 0.1) is 9.81 Å². The Kier molecular flexibility index (Phi) is 40.3. The van der Waals surface area contributed by atoms with Crippen molar-refractivity contribution in [2.75, 3.05) is 0 Å². The van der Waals surface area contributed by atoms with Crippen LogP contribution in [0.1, 0.15) is 27.7 Å². The van der Waals surface area contributed by atoms with Gasteiger partial charge in [-0.25, -0.2) is 0 Å². The molecule has 2 radical (unpaired) electrons. The Morgan fingerprint density at radius 3 is 0.895 bits per heavy atom. The molecule has 0 aliphatic heterocycles. The average Bonchev–Trinajstić information content (AvgIpc) is 2.20. The van der Waals surface area contributed by atoms with E-state index in [4.69, 9.17) is 31.2 Å². The van der Waals surface area contributed by atoms with Crippen molar-refractivity contribution in [2.24, 2.45) is 0 Å². The summed E-state index contributed by atoms with van der Waals surface area (Å²) in [6.07, 6.45) is 2.33. The van der Waals surface area contributed by atoms with Crippen LogP contribution < -0.4 is 11.2 Å². The van der Waals surface area contributed by atoms with Crippen LogP contribution in [0.2, 0.25) is 0 Å². The van der Waals surface area contributed by atoms with Crippen LogP contribution in [0.15, 0.2) is 23.7 Å². The number of nitrogens with zero attached hydrogens (tertiary/aromatic N) is 2. The normalized spacial score (nSPS) is 8.84. The van der Waals surface area contributed by atoms with Gasteiger partial charge in [-0.2, -0.15) is 0 Å². The van der Waals surface area contributed by atoms with Crippen molar-refractivity contribution in [1.82, 2.24) is 11.2 Å². The summed E-state index contributed by atoms with van der Waals surface area (Å²) in [7, 11) is 0. The maximum absolute atomic E-state index is 10.0. The van der Waals surface area contributed by atoms with E-state index in [1.807, 2.05) is 0 Å². The molecule has 108 valence electrons. The summed E-state index contributed by atoms with van der Waals surface area (Å²) in [5.74, 6) is -0.125. The molecule has 0 bridgehead atoms. The minimum Gasteiger partial charge on any atom is -0.512 e. The molecule has 0 unspecified atom stereocenters. The fraction of sp³-hybridized carbons (Fsp3) is 0.400. The molecule has 0 aliphatic rings. The van der Waals surface area contributed by atoms with Crippen molar-refractivity contribution >= 4 is 11.6 Å². The van der Waals surface area contributed by atoms with Gasteiger partial charge in [0.1, 0.15) is 11.2 Å². The minimum absolute atomic E-state index is 0. The molecule has 19 heavy (non-hydrogen) atoms. The van der Waals surface area contributed by atoms with Crippen molar-refractivity contribution in [3.8, 4) is 0 Å². The van der Waals surface area contributed by atoms with E-state index in [9.17, 15) is 9.59 Å². The number of nitroso groups, excluding NO2 is 2. The summed E-state index contributed by atoms with van der Waals surface area (Å²) in [4.78, 5) is 34.5. The smallest absolute Gasteiger partial charge is 0.155 e. The van der Waals surface area contributed by atoms with E-state index in [1.54, 1.807) is 0 Å². The van der Waals surface area contributed by atoms with E-state index in [-0.39, 0.29) is 44.2 Å². The molecule has 8 nitrogen and oxygen atoms in total. The average molecular weight is 356 g/mol. The van der Waals surface area contributed by atoms with Crippen LogP contribution in [-0.4, -0.2) is 21.8 Å². The molecule has 9 heteroatoms. The first kappa shape index (κ1) is 30.4. The number of hydrogen-bond acceptors (Lipinski definition) is 6. The third-order valence-corrected chi connectivity index (χ3v) is 0.824. The van der Waals surface area contributed by atoms with Gasteiger partial charge in [-0.3, -0.25) is 9.59 Å². The molecule has 0 saturated heterocycles. The largest absolute Gasteiger partial charge is 0.512 e. The first-order valence-corrected chi connectivity index (χ1v) is 4.38. The van der Waals surface area contributed by atoms with Gasteiger partial charge >= 0.3 is 0 Å². The van der Waals surface area contributed by atoms with Crippen molar-refractivity contribution in [3.05, 3.63) is 33.5 Å². The Morgan fingerprint density at radius 2 is 0.895 bits per heavy atom. The van der Waals surface area contributed by atoms with Crippen molar-refractivity contribution in [2.45, 2.75) is 27.7 Å². The molecule has 0 fully saturated rings. The molecular weight excluding hydrogens is 340 g/mol. The Morgan fingerprint density at radius 1 is 0.737 bits per heavy atom. The monoisotopic (exact) mass is 358 g/mol. The molecule has 0 amide bonds. The summed E-state index contributed by atoms with van der Waals surface area (Å²) >= 11 is 0. The molecule has 0 heterocycles. The maximum atomic E-state index is 10.0. The zero-order valence-electron chi connectivity index (χ0n) is 11.0. The third kappa shape index (κ3) is 83.9. The van der Waals surface area contributed by atoms with Crippen LogP contribution in [0.4, 0.5) is 0 Å². The van der Waals surface area contributed by atoms with Crippen molar-refractivity contribution in [3.63, 3.8) is 0 Å². The summed E-state index contributed by atoms with van der Waals surface area (Å²) < 4.78 is 0. The molecule has 0 aromatic rings. The van der Waals surface area contributed by atoms with Gasteiger partial charge in [0.05, 0.1) is 11.5 Å². The molecule has 0 spiro atoms. The minimum atomic E-state index is -0.125. The number of carbonyl (C=O) groups excluding carboxylic acids is 2. The predicted molar refractivity (Wildman–Crippen MR) is 65.1 cm³/mol. The molecule has 0 aromatic carbocycles. The number of aliphatic hydroxyl groups is 2. The van der Waals surface area contributed by atoms with Crippen LogP contribution in [0.3, 0.4) is 0 Å². The summed E-state index contributed by atoms with van der Waals surface area (Å²) in [5.41, 5.74) is 11.5. The Balaban J connectivity index is -0.0000000522. The van der Waals surface area contributed by atoms with Gasteiger partial charge in [-0.1, -0.05) is 0 Å². The zero-order valence-corrected chi connectivity index (χ0v) is 13.0. The summed E-state index contributed by atoms with van der Waals surface area (Å²) in [6.45, 7) is 5.70. The first-order valence-electron chi connectivity index (χ1n) is 4.38. The third-order valence-electron chi connectivity index (χ3n) is 0.824. The molecule has 0 aliphatic carbocycles. The standard InChI is InChI=1S/2C5H8O2.Mo.2NO/c2*1-4(6)3-5(2)7;;2*1-2/h2*3,6H,1-2H3;;;/b2*4-3-;;;. The molecule has 0 saturated carbocycles. The summed E-state index contributed by atoms with van der Waals surface area (Å²) in [6, 6.07) is 0. The number of hydrogen-bond donors (Lipinski definition) is 2. The number of rotatable bonds is 2. The second kappa shape index (κ2) is 25.2. The van der Waals surface area contributed by atoms with E-state index in [0.717, 1.165) is 0 Å². The number of aliphatic hydroxyl groups excluding tert-OH is 2. The van der Waals surface area contributed by atoms with E-state index in [0.29, 0.717) is 0 Å². The van der Waals surface area contributed by atoms with Gasteiger partial charge in [0.15, 0.2) is 11.6 Å². The number of allylic oxidation sites excluding steroid dienone is 4. The number of ketones is 2. The fourth-order valence-electron chi connectivity index (χ4n) is 0.588. The quantitative estimate of drug-likeness (QED) is 0.430. The van der Waals surface area contributed by atoms with Gasteiger partial charge in [-0.05, 0) is 27.7 Å². The van der Waals surface area contributed by atoms with E-state index >= 15 is 0 Å². The molecule has 0 rings (SSSR count). The fourth-order valence-corrected chi connectivity index (χ4v) is 0.588. The second-order valence-electron chi connectivity index (χ2n) is 2.79. The SMILES string of the molecule is CC(=O)/C=C(/C)O.CC(=O)/C=C(/C)O.[Mo].[N]=O.[N]=O. The van der Waals surface area contributed by atoms with Crippen molar-refractivity contribution in [1.29, 1.82) is 0 Å². The van der Waals surface area contributed by atoms with Crippen molar-refractivity contribution < 1.29 is 40.9 Å². The Hall–Kier alpha value is -1.69. The van der Waals surface area contributed by atoms with Gasteiger partial charge in [0, 0.05) is 33.2 Å². The second-order valence-corrected chi connectivity index (χ2v) is 2.79. The van der Waals surface area contributed by atoms with Crippen LogP contribution in [0.25, 0.3) is 0 Å². The van der Waals surface area contributed by atoms with E-state index < -0.39 is 0 Å². The van der Waals surface area contributed by atoms with Crippen LogP contribution in [0.5, 0.6) is 0 Å². The number of carbonyl (C=O) groups is 2. The van der Waals surface area contributed by atoms with Gasteiger partial charge < -0.3 is 10.2 Å². The van der Waals surface area contributed by atoms with E-state index in [2.05, 4.69) is 0 Å². The Labute approximate surface area is 125 Å². The Bertz CT molecular complexity index is 266. The van der Waals surface area contributed by atoms with Gasteiger partial charge in [-0.15, -0.1) is 9.81 Å².